The zero-order valence-corrected chi connectivity index (χ0v) is 27.5. The van der Waals surface area contributed by atoms with E-state index in [2.05, 4.69) is 4.98 Å². The molecule has 46 heavy (non-hydrogen) atoms. The van der Waals surface area contributed by atoms with Gasteiger partial charge in [0.15, 0.2) is 27.7 Å². The summed E-state index contributed by atoms with van der Waals surface area (Å²) in [7, 11) is -3.55. The highest BCUT2D eigenvalue weighted by atomic mass is 35.5. The number of hydrogen-bond donors (Lipinski definition) is 0. The molecule has 2 aromatic carbocycles. The highest BCUT2D eigenvalue weighted by molar-refractivity contribution is 7.90. The predicted octanol–water partition coefficient (Wildman–Crippen LogP) is 6.56. The molecule has 2 saturated heterocycles. The number of nitrogens with zero attached hydrogens (tertiary/aromatic N) is 1. The minimum atomic E-state index is -3.55. The van der Waals surface area contributed by atoms with Crippen molar-refractivity contribution in [3.63, 3.8) is 0 Å². The molecule has 1 saturated carbocycles. The van der Waals surface area contributed by atoms with Gasteiger partial charge < -0.3 is 18.9 Å². The van der Waals surface area contributed by atoms with Crippen LogP contribution in [0, 0.1) is 5.92 Å². The Morgan fingerprint density at radius 2 is 1.76 bits per heavy atom. The van der Waals surface area contributed by atoms with Crippen LogP contribution in [0.15, 0.2) is 71.8 Å². The lowest BCUT2D eigenvalue weighted by Gasteiger charge is -2.25. The summed E-state index contributed by atoms with van der Waals surface area (Å²) in [6.07, 6.45) is 4.51. The van der Waals surface area contributed by atoms with Gasteiger partial charge in [0.25, 0.3) is 0 Å². The van der Waals surface area contributed by atoms with E-state index in [0.29, 0.717) is 38.0 Å². The van der Waals surface area contributed by atoms with Crippen LogP contribution in [-0.2, 0) is 33.6 Å². The third kappa shape index (κ3) is 7.27. The number of carbonyl (C=O) groups is 2. The standard InChI is InChI=1S/C35H38ClNO8S/c1-22-33(24-6-4-3-5-7-24)45-35(44-22)15-14-23(20-35)18-27(25-9-13-32(28(36)19-25)46(2,40)41)30(38)11-12-31(39)29-10-8-26(21-37-29)34-42-16-17-43-34/h3-10,13,19,21-23,27,33-34H,11-12,14-18,20H2,1-2H3/t22-,23?,27?,33+,35?/m1/s1. The third-order valence-corrected chi connectivity index (χ3v) is 10.7. The first kappa shape index (κ1) is 32.9. The Bertz CT molecular complexity index is 1680. The molecule has 0 N–H and O–H groups in total. The van der Waals surface area contributed by atoms with E-state index in [-0.39, 0.29) is 58.1 Å². The molecule has 1 aromatic heterocycles. The molecule has 3 fully saturated rings. The maximum absolute atomic E-state index is 13.9. The zero-order chi connectivity index (χ0) is 32.5. The Kier molecular flexibility index (Phi) is 9.75. The van der Waals surface area contributed by atoms with Crippen molar-refractivity contribution in [1.29, 1.82) is 0 Å². The van der Waals surface area contributed by atoms with Crippen molar-refractivity contribution in [2.75, 3.05) is 19.5 Å². The first-order valence-corrected chi connectivity index (χ1v) is 17.9. The third-order valence-electron chi connectivity index (χ3n) is 9.11. The van der Waals surface area contributed by atoms with Gasteiger partial charge in [-0.2, -0.15) is 0 Å². The number of hydrogen-bond acceptors (Lipinski definition) is 9. The Hall–Kier alpha value is -2.99. The quantitative estimate of drug-likeness (QED) is 0.209. The molecular weight excluding hydrogens is 630 g/mol. The van der Waals surface area contributed by atoms with Gasteiger partial charge >= 0.3 is 0 Å². The number of pyridine rings is 1. The first-order valence-electron chi connectivity index (χ1n) is 15.7. The fourth-order valence-corrected chi connectivity index (χ4v) is 8.18. The highest BCUT2D eigenvalue weighted by Crippen LogP contribution is 2.51. The summed E-state index contributed by atoms with van der Waals surface area (Å²) in [5.74, 6) is -1.57. The molecular formula is C35H38ClNO8S. The van der Waals surface area contributed by atoms with Gasteiger partial charge in [-0.1, -0.05) is 54.1 Å². The van der Waals surface area contributed by atoms with Crippen LogP contribution in [0.3, 0.4) is 0 Å². The number of ether oxygens (including phenoxy) is 4. The van der Waals surface area contributed by atoms with Crippen molar-refractivity contribution < 1.29 is 37.0 Å². The molecule has 3 heterocycles. The number of carbonyl (C=O) groups excluding carboxylic acids is 2. The van der Waals surface area contributed by atoms with E-state index in [9.17, 15) is 18.0 Å². The Labute approximate surface area is 274 Å². The lowest BCUT2D eigenvalue weighted by atomic mass is 9.83. The average molecular weight is 668 g/mol. The van der Waals surface area contributed by atoms with Gasteiger partial charge in [0.05, 0.1) is 29.2 Å². The fraction of sp³-hybridized carbons (Fsp3) is 0.457. The second-order valence-corrected chi connectivity index (χ2v) is 14.9. The molecule has 3 unspecified atom stereocenters. The van der Waals surface area contributed by atoms with E-state index in [1.165, 1.54) is 6.07 Å². The minimum absolute atomic E-state index is 0.00516. The van der Waals surface area contributed by atoms with Gasteiger partial charge in [-0.3, -0.25) is 14.6 Å². The molecule has 0 bridgehead atoms. The molecule has 9 nitrogen and oxygen atoms in total. The summed E-state index contributed by atoms with van der Waals surface area (Å²) >= 11 is 6.42. The van der Waals surface area contributed by atoms with Crippen LogP contribution >= 0.6 is 11.6 Å². The van der Waals surface area contributed by atoms with E-state index in [1.807, 2.05) is 37.3 Å². The Morgan fingerprint density at radius 1 is 1.00 bits per heavy atom. The maximum Gasteiger partial charge on any atom is 0.185 e. The van der Waals surface area contributed by atoms with Crippen molar-refractivity contribution in [2.45, 2.75) is 80.5 Å². The molecule has 3 aliphatic rings. The number of halogens is 1. The summed E-state index contributed by atoms with van der Waals surface area (Å²) in [5, 5.41) is 0.0678. The smallest absolute Gasteiger partial charge is 0.185 e. The number of rotatable bonds is 11. The molecule has 6 rings (SSSR count). The monoisotopic (exact) mass is 667 g/mol. The molecule has 11 heteroatoms. The number of Topliss-reactive ketones (excluding diaryl/α,β-unsaturated/α-hetero) is 2. The highest BCUT2D eigenvalue weighted by Gasteiger charge is 2.51. The lowest BCUT2D eigenvalue weighted by molar-refractivity contribution is -0.171. The van der Waals surface area contributed by atoms with E-state index < -0.39 is 27.8 Å². The van der Waals surface area contributed by atoms with Crippen LogP contribution in [0.2, 0.25) is 5.02 Å². The molecule has 5 atom stereocenters. The lowest BCUT2D eigenvalue weighted by Crippen LogP contribution is -2.27. The largest absolute Gasteiger partial charge is 0.346 e. The van der Waals surface area contributed by atoms with Crippen LogP contribution in [0.5, 0.6) is 0 Å². The maximum atomic E-state index is 13.9. The van der Waals surface area contributed by atoms with E-state index in [0.717, 1.165) is 23.8 Å². The Balaban J connectivity index is 1.16. The summed E-state index contributed by atoms with van der Waals surface area (Å²) < 4.78 is 48.4. The van der Waals surface area contributed by atoms with Crippen LogP contribution in [-0.4, -0.2) is 56.3 Å². The van der Waals surface area contributed by atoms with E-state index >= 15 is 0 Å². The van der Waals surface area contributed by atoms with Gasteiger partial charge in [0.2, 0.25) is 0 Å². The second kappa shape index (κ2) is 13.6. The van der Waals surface area contributed by atoms with Crippen LogP contribution in [0.1, 0.15) is 90.9 Å². The number of benzene rings is 2. The zero-order valence-electron chi connectivity index (χ0n) is 25.9. The van der Waals surface area contributed by atoms with Crippen molar-refractivity contribution in [1.82, 2.24) is 4.98 Å². The summed E-state index contributed by atoms with van der Waals surface area (Å²) in [4.78, 5) is 31.2. The van der Waals surface area contributed by atoms with Gasteiger partial charge in [0.1, 0.15) is 17.6 Å². The normalized spacial score (nSPS) is 25.7. The predicted molar refractivity (Wildman–Crippen MR) is 170 cm³/mol. The summed E-state index contributed by atoms with van der Waals surface area (Å²) in [6.45, 7) is 3.03. The molecule has 1 aliphatic carbocycles. The van der Waals surface area contributed by atoms with Crippen LogP contribution < -0.4 is 0 Å². The molecule has 1 spiro atoms. The Morgan fingerprint density at radius 3 is 2.43 bits per heavy atom. The second-order valence-electron chi connectivity index (χ2n) is 12.5. The topological polar surface area (TPSA) is 118 Å². The van der Waals surface area contributed by atoms with Gasteiger partial charge in [-0.05, 0) is 55.0 Å². The SMILES string of the molecule is C[C@H]1OC2(CCC(CC(C(=O)CCC(=O)c3ccc(C4OCCO4)cn3)c3ccc(S(C)(=O)=O)c(Cl)c3)C2)O[C@@H]1c1ccccc1. The molecule has 3 aromatic rings. The van der Waals surface area contributed by atoms with Gasteiger partial charge in [-0.25, -0.2) is 8.42 Å². The van der Waals surface area contributed by atoms with E-state index in [1.54, 1.807) is 30.5 Å². The molecule has 0 amide bonds. The van der Waals surface area contributed by atoms with Crippen molar-refractivity contribution in [3.8, 4) is 0 Å². The molecule has 0 radical (unpaired) electrons. The molecule has 2 aliphatic heterocycles. The van der Waals surface area contributed by atoms with Gasteiger partial charge in [-0.15, -0.1) is 0 Å². The van der Waals surface area contributed by atoms with Crippen LogP contribution in [0.25, 0.3) is 0 Å². The first-order chi connectivity index (χ1) is 22.0. The van der Waals surface area contributed by atoms with Crippen molar-refractivity contribution in [3.05, 3.63) is 94.3 Å². The van der Waals surface area contributed by atoms with Crippen LogP contribution in [0.4, 0.5) is 0 Å². The number of ketones is 2. The van der Waals surface area contributed by atoms with E-state index in [4.69, 9.17) is 30.5 Å². The average Bonchev–Trinajstić information content (AvgIpc) is 3.79. The van der Waals surface area contributed by atoms with Crippen molar-refractivity contribution in [2.24, 2.45) is 5.92 Å². The fourth-order valence-electron chi connectivity index (χ4n) is 6.84. The summed E-state index contributed by atoms with van der Waals surface area (Å²) in [6, 6.07) is 18.1. The molecule has 244 valence electrons. The number of sulfone groups is 1. The minimum Gasteiger partial charge on any atom is -0.346 e. The summed E-state index contributed by atoms with van der Waals surface area (Å²) in [5.41, 5.74) is 2.69. The number of aromatic nitrogens is 1. The van der Waals surface area contributed by atoms with Gasteiger partial charge in [0, 0.05) is 49.6 Å². The van der Waals surface area contributed by atoms with Crippen molar-refractivity contribution >= 4 is 33.0 Å².